The maximum absolute atomic E-state index is 12.3. The third-order valence-electron chi connectivity index (χ3n) is 5.34. The van der Waals surface area contributed by atoms with Crippen LogP contribution in [-0.4, -0.2) is 41.8 Å². The number of ether oxygens (including phenoxy) is 1. The van der Waals surface area contributed by atoms with Crippen LogP contribution in [0, 0.1) is 0 Å². The number of benzene rings is 3. The number of carboxylic acids is 1. The molecule has 1 atom stereocenters. The first kappa shape index (κ1) is 25.1. The molecular formula is C28H32N2O4. The highest BCUT2D eigenvalue weighted by atomic mass is 16.5. The molecular weight excluding hydrogens is 428 g/mol. The van der Waals surface area contributed by atoms with Crippen molar-refractivity contribution in [3.63, 3.8) is 0 Å². The molecule has 34 heavy (non-hydrogen) atoms. The van der Waals surface area contributed by atoms with Crippen molar-refractivity contribution in [1.29, 1.82) is 0 Å². The Labute approximate surface area is 201 Å². The molecule has 0 aliphatic heterocycles. The van der Waals surface area contributed by atoms with E-state index in [1.54, 1.807) is 0 Å². The normalized spacial score (nSPS) is 12.7. The van der Waals surface area contributed by atoms with Crippen LogP contribution in [-0.2, 0) is 19.9 Å². The van der Waals surface area contributed by atoms with Gasteiger partial charge in [-0.25, -0.2) is 0 Å². The van der Waals surface area contributed by atoms with Gasteiger partial charge in [-0.15, -0.1) is 0 Å². The number of hydrogen-bond donors (Lipinski definition) is 3. The molecule has 0 fully saturated rings. The van der Waals surface area contributed by atoms with Gasteiger partial charge in [-0.2, -0.15) is 0 Å². The highest BCUT2D eigenvalue weighted by Crippen LogP contribution is 2.37. The Balaban J connectivity index is 1.99. The molecule has 0 aromatic heterocycles. The molecule has 3 aromatic carbocycles. The van der Waals surface area contributed by atoms with Gasteiger partial charge in [0.25, 0.3) is 0 Å². The zero-order valence-corrected chi connectivity index (χ0v) is 19.8. The molecule has 0 saturated heterocycles. The molecule has 0 heterocycles. The fraction of sp³-hybridized carbons (Fsp3) is 0.286. The van der Waals surface area contributed by atoms with Gasteiger partial charge in [-0.05, 0) is 37.5 Å². The molecule has 1 amide bonds. The van der Waals surface area contributed by atoms with E-state index in [9.17, 15) is 14.7 Å². The minimum atomic E-state index is -1.08. The van der Waals surface area contributed by atoms with Crippen LogP contribution in [0.15, 0.2) is 91.0 Å². The van der Waals surface area contributed by atoms with Gasteiger partial charge in [0, 0.05) is 5.54 Å². The Kier molecular flexibility index (Phi) is 8.21. The lowest BCUT2D eigenvalue weighted by Gasteiger charge is -2.39. The Morgan fingerprint density at radius 2 is 1.21 bits per heavy atom. The summed E-state index contributed by atoms with van der Waals surface area (Å²) in [5.74, 6) is -1.36. The molecule has 0 bridgehead atoms. The van der Waals surface area contributed by atoms with Crippen LogP contribution in [0.25, 0.3) is 0 Å². The fourth-order valence-corrected chi connectivity index (χ4v) is 3.97. The number of aliphatic carboxylic acids is 1. The topological polar surface area (TPSA) is 87.7 Å². The summed E-state index contributed by atoms with van der Waals surface area (Å²) in [4.78, 5) is 24.5. The summed E-state index contributed by atoms with van der Waals surface area (Å²) in [5, 5.41) is 16.3. The van der Waals surface area contributed by atoms with Crippen molar-refractivity contribution in [2.45, 2.75) is 37.9 Å². The van der Waals surface area contributed by atoms with Gasteiger partial charge in [0.1, 0.15) is 12.6 Å². The molecule has 6 nitrogen and oxygen atoms in total. The van der Waals surface area contributed by atoms with Crippen molar-refractivity contribution in [2.75, 3.05) is 13.2 Å². The van der Waals surface area contributed by atoms with Crippen molar-refractivity contribution in [3.8, 4) is 0 Å². The molecule has 0 saturated carbocycles. The van der Waals surface area contributed by atoms with Crippen LogP contribution in [0.3, 0.4) is 0 Å². The molecule has 0 spiro atoms. The van der Waals surface area contributed by atoms with E-state index in [2.05, 4.69) is 10.6 Å². The van der Waals surface area contributed by atoms with Gasteiger partial charge >= 0.3 is 5.97 Å². The molecule has 0 aliphatic rings. The third-order valence-corrected chi connectivity index (χ3v) is 5.34. The smallest absolute Gasteiger partial charge is 0.323 e. The van der Waals surface area contributed by atoms with E-state index in [0.29, 0.717) is 0 Å². The number of carbonyl (C=O) groups excluding carboxylic acids is 1. The fourth-order valence-electron chi connectivity index (χ4n) is 3.97. The highest BCUT2D eigenvalue weighted by Gasteiger charge is 2.40. The summed E-state index contributed by atoms with van der Waals surface area (Å²) < 4.78 is 5.56. The van der Waals surface area contributed by atoms with Crippen LogP contribution in [0.5, 0.6) is 0 Å². The summed E-state index contributed by atoms with van der Waals surface area (Å²) >= 11 is 0. The van der Waals surface area contributed by atoms with Gasteiger partial charge < -0.3 is 15.2 Å². The van der Waals surface area contributed by atoms with Crippen LogP contribution < -0.4 is 10.6 Å². The van der Waals surface area contributed by atoms with E-state index in [0.717, 1.165) is 16.7 Å². The van der Waals surface area contributed by atoms with Crippen molar-refractivity contribution < 1.29 is 19.4 Å². The van der Waals surface area contributed by atoms with Crippen LogP contribution >= 0.6 is 0 Å². The van der Waals surface area contributed by atoms with E-state index < -0.39 is 23.1 Å². The van der Waals surface area contributed by atoms with Crippen LogP contribution in [0.4, 0.5) is 0 Å². The van der Waals surface area contributed by atoms with Gasteiger partial charge in [-0.3, -0.25) is 14.9 Å². The van der Waals surface area contributed by atoms with Gasteiger partial charge in [-0.1, -0.05) is 91.0 Å². The summed E-state index contributed by atoms with van der Waals surface area (Å²) in [6.07, 6.45) is 0. The lowest BCUT2D eigenvalue weighted by atomic mass is 9.76. The predicted molar refractivity (Wildman–Crippen MR) is 132 cm³/mol. The zero-order chi connectivity index (χ0) is 24.6. The number of nitrogens with one attached hydrogen (secondary N) is 2. The molecule has 178 valence electrons. The summed E-state index contributed by atoms with van der Waals surface area (Å²) in [6, 6.07) is 28.1. The third kappa shape index (κ3) is 6.31. The lowest BCUT2D eigenvalue weighted by molar-refractivity contribution is -0.143. The monoisotopic (exact) mass is 460 g/mol. The average Bonchev–Trinajstić information content (AvgIpc) is 2.82. The van der Waals surface area contributed by atoms with Crippen LogP contribution in [0.2, 0.25) is 0 Å². The zero-order valence-electron chi connectivity index (χ0n) is 19.8. The molecule has 0 aliphatic carbocycles. The predicted octanol–water partition coefficient (Wildman–Crippen LogP) is 3.95. The van der Waals surface area contributed by atoms with Crippen molar-refractivity contribution in [3.05, 3.63) is 108 Å². The van der Waals surface area contributed by atoms with E-state index in [1.165, 1.54) is 0 Å². The minimum absolute atomic E-state index is 0.179. The standard InChI is InChI=1S/C28H32N2O4/c1-27(2,3)30-25(31)20-34-19-24(26(32)33)29-28(21-13-7-4-8-14-21,22-15-9-5-10-16-22)23-17-11-6-12-18-23/h4-18,24,29H,19-20H2,1-3H3,(H,30,31)(H,32,33). The second-order valence-electron chi connectivity index (χ2n) is 9.20. The van der Waals surface area contributed by atoms with E-state index in [1.807, 2.05) is 112 Å². The Hall–Kier alpha value is -3.48. The Morgan fingerprint density at radius 1 is 0.794 bits per heavy atom. The van der Waals surface area contributed by atoms with Gasteiger partial charge in [0.15, 0.2) is 0 Å². The summed E-state index contributed by atoms with van der Waals surface area (Å²) in [5.41, 5.74) is 1.33. The van der Waals surface area contributed by atoms with Crippen molar-refractivity contribution in [2.24, 2.45) is 0 Å². The number of rotatable bonds is 10. The lowest BCUT2D eigenvalue weighted by Crippen LogP contribution is -2.54. The summed E-state index contributed by atoms with van der Waals surface area (Å²) in [7, 11) is 0. The number of carbonyl (C=O) groups is 2. The second kappa shape index (κ2) is 11.1. The first-order valence-corrected chi connectivity index (χ1v) is 11.3. The largest absolute Gasteiger partial charge is 0.480 e. The summed E-state index contributed by atoms with van der Waals surface area (Å²) in [6.45, 7) is 5.22. The minimum Gasteiger partial charge on any atom is -0.480 e. The number of hydrogen-bond acceptors (Lipinski definition) is 4. The molecule has 3 aromatic rings. The first-order chi connectivity index (χ1) is 16.2. The van der Waals surface area contributed by atoms with E-state index in [4.69, 9.17) is 4.74 Å². The maximum atomic E-state index is 12.3. The maximum Gasteiger partial charge on any atom is 0.323 e. The Bertz CT molecular complexity index is 967. The molecule has 6 heteroatoms. The number of carboxylic acid groups (broad SMARTS) is 1. The molecule has 1 unspecified atom stereocenters. The average molecular weight is 461 g/mol. The quantitative estimate of drug-likeness (QED) is 0.399. The number of amides is 1. The second-order valence-corrected chi connectivity index (χ2v) is 9.20. The highest BCUT2D eigenvalue weighted by molar-refractivity contribution is 5.78. The molecule has 3 rings (SSSR count). The molecule has 3 N–H and O–H groups in total. The van der Waals surface area contributed by atoms with E-state index in [-0.39, 0.29) is 19.1 Å². The van der Waals surface area contributed by atoms with E-state index >= 15 is 0 Å². The van der Waals surface area contributed by atoms with Crippen molar-refractivity contribution in [1.82, 2.24) is 10.6 Å². The molecule has 0 radical (unpaired) electrons. The van der Waals surface area contributed by atoms with Gasteiger partial charge in [0.05, 0.1) is 12.1 Å². The van der Waals surface area contributed by atoms with Crippen molar-refractivity contribution >= 4 is 11.9 Å². The SMILES string of the molecule is CC(C)(C)NC(=O)COCC(NC(c1ccccc1)(c1ccccc1)c1ccccc1)C(=O)O. The Morgan fingerprint density at radius 3 is 1.56 bits per heavy atom. The van der Waals surface area contributed by atoms with Crippen LogP contribution in [0.1, 0.15) is 37.5 Å². The van der Waals surface area contributed by atoms with Gasteiger partial charge in [0.2, 0.25) is 5.91 Å². The first-order valence-electron chi connectivity index (χ1n) is 11.3.